The van der Waals surface area contributed by atoms with Gasteiger partial charge in [0.15, 0.2) is 11.0 Å². The minimum Gasteiger partial charge on any atom is -0.378 e. The summed E-state index contributed by atoms with van der Waals surface area (Å²) in [4.78, 5) is 14.5. The van der Waals surface area contributed by atoms with Crippen molar-refractivity contribution in [2.24, 2.45) is 0 Å². The van der Waals surface area contributed by atoms with Crippen LogP contribution in [0.15, 0.2) is 42.1 Å². The minimum atomic E-state index is -0.251. The molecule has 1 aliphatic rings. The predicted molar refractivity (Wildman–Crippen MR) is 103 cm³/mol. The zero-order valence-electron chi connectivity index (χ0n) is 14.6. The maximum atomic E-state index is 12.6. The van der Waals surface area contributed by atoms with E-state index >= 15 is 0 Å². The molecule has 0 aliphatic carbocycles. The van der Waals surface area contributed by atoms with E-state index in [0.717, 1.165) is 11.4 Å². The molecule has 2 heterocycles. The van der Waals surface area contributed by atoms with Crippen LogP contribution in [0, 0.1) is 0 Å². The van der Waals surface area contributed by atoms with Crippen molar-refractivity contribution >= 4 is 29.3 Å². The number of ether oxygens (including phenoxy) is 1. The van der Waals surface area contributed by atoms with Gasteiger partial charge in [-0.15, -0.1) is 16.8 Å². The van der Waals surface area contributed by atoms with Gasteiger partial charge in [-0.05, 0) is 31.2 Å². The third-order valence-corrected chi connectivity index (χ3v) is 5.40. The van der Waals surface area contributed by atoms with Gasteiger partial charge < -0.3 is 9.64 Å². The number of aromatic nitrogens is 3. The second-order valence-electron chi connectivity index (χ2n) is 5.91. The fourth-order valence-electron chi connectivity index (χ4n) is 2.73. The summed E-state index contributed by atoms with van der Waals surface area (Å²) in [5.41, 5.74) is 0.919. The minimum absolute atomic E-state index is 0.0968. The highest BCUT2D eigenvalue weighted by atomic mass is 35.5. The molecule has 138 valence electrons. The van der Waals surface area contributed by atoms with Crippen LogP contribution >= 0.6 is 23.4 Å². The molecule has 0 saturated carbocycles. The molecule has 1 saturated heterocycles. The van der Waals surface area contributed by atoms with Gasteiger partial charge >= 0.3 is 0 Å². The summed E-state index contributed by atoms with van der Waals surface area (Å²) in [6.07, 6.45) is 1.79. The number of hydrogen-bond acceptors (Lipinski definition) is 5. The highest BCUT2D eigenvalue weighted by Crippen LogP contribution is 2.28. The number of allylic oxidation sites excluding steroid dienone is 1. The Morgan fingerprint density at radius 3 is 2.69 bits per heavy atom. The molecule has 0 spiro atoms. The summed E-state index contributed by atoms with van der Waals surface area (Å²) in [7, 11) is 0. The van der Waals surface area contributed by atoms with Gasteiger partial charge in [0.25, 0.3) is 0 Å². The average Bonchev–Trinajstić information content (AvgIpc) is 3.05. The molecule has 6 nitrogen and oxygen atoms in total. The predicted octanol–water partition coefficient (Wildman–Crippen LogP) is 3.12. The van der Waals surface area contributed by atoms with Crippen LogP contribution in [0.4, 0.5) is 0 Å². The highest BCUT2D eigenvalue weighted by Gasteiger charge is 2.25. The zero-order chi connectivity index (χ0) is 18.5. The number of thioether (sulfide) groups is 1. The second kappa shape index (κ2) is 8.70. The number of morpholine rings is 1. The molecular weight excluding hydrogens is 372 g/mol. The third-order valence-electron chi connectivity index (χ3n) is 4.08. The SMILES string of the molecule is C=CCn1c(S[C@H](C)C(=O)N2CCOCC2)nnc1-c1ccc(Cl)cc1. The topological polar surface area (TPSA) is 60.2 Å². The van der Waals surface area contributed by atoms with E-state index in [2.05, 4.69) is 16.8 Å². The van der Waals surface area contributed by atoms with Crippen LogP contribution in [0.2, 0.25) is 5.02 Å². The van der Waals surface area contributed by atoms with E-state index in [9.17, 15) is 4.79 Å². The molecule has 1 amide bonds. The van der Waals surface area contributed by atoms with E-state index in [1.165, 1.54) is 11.8 Å². The van der Waals surface area contributed by atoms with E-state index in [1.807, 2.05) is 40.7 Å². The molecule has 0 unspecified atom stereocenters. The van der Waals surface area contributed by atoms with E-state index in [1.54, 1.807) is 6.08 Å². The number of hydrogen-bond donors (Lipinski definition) is 0. The Bertz CT molecular complexity index is 772. The first-order chi connectivity index (χ1) is 12.6. The van der Waals surface area contributed by atoms with Crippen molar-refractivity contribution in [3.05, 3.63) is 41.9 Å². The zero-order valence-corrected chi connectivity index (χ0v) is 16.2. The number of benzene rings is 1. The maximum absolute atomic E-state index is 12.6. The van der Waals surface area contributed by atoms with Crippen LogP contribution in [-0.4, -0.2) is 57.1 Å². The van der Waals surface area contributed by atoms with Crippen molar-refractivity contribution in [1.82, 2.24) is 19.7 Å². The number of halogens is 1. The van der Waals surface area contributed by atoms with Crippen LogP contribution in [0.5, 0.6) is 0 Å². The number of amides is 1. The van der Waals surface area contributed by atoms with Gasteiger partial charge in [-0.1, -0.05) is 29.4 Å². The number of carbonyl (C=O) groups excluding carboxylic acids is 1. The Hall–Kier alpha value is -1.83. The Kier molecular flexibility index (Phi) is 6.34. The van der Waals surface area contributed by atoms with Crippen molar-refractivity contribution in [2.75, 3.05) is 26.3 Å². The maximum Gasteiger partial charge on any atom is 0.236 e. The van der Waals surface area contributed by atoms with Gasteiger partial charge in [0.05, 0.1) is 18.5 Å². The molecule has 0 N–H and O–H groups in total. The van der Waals surface area contributed by atoms with E-state index in [-0.39, 0.29) is 11.2 Å². The molecule has 1 aromatic heterocycles. The summed E-state index contributed by atoms with van der Waals surface area (Å²) in [6, 6.07) is 7.45. The molecular formula is C18H21ClN4O2S. The van der Waals surface area contributed by atoms with Crippen LogP contribution < -0.4 is 0 Å². The van der Waals surface area contributed by atoms with Crippen LogP contribution in [-0.2, 0) is 16.1 Å². The van der Waals surface area contributed by atoms with Crippen LogP contribution in [0.3, 0.4) is 0 Å². The normalized spacial score (nSPS) is 15.7. The van der Waals surface area contributed by atoms with Crippen LogP contribution in [0.25, 0.3) is 11.4 Å². The summed E-state index contributed by atoms with van der Waals surface area (Å²) in [6.45, 7) is 8.74. The lowest BCUT2D eigenvalue weighted by molar-refractivity contribution is -0.134. The highest BCUT2D eigenvalue weighted by molar-refractivity contribution is 8.00. The van der Waals surface area contributed by atoms with Gasteiger partial charge in [0.2, 0.25) is 5.91 Å². The van der Waals surface area contributed by atoms with Crippen molar-refractivity contribution in [2.45, 2.75) is 23.9 Å². The lowest BCUT2D eigenvalue weighted by atomic mass is 10.2. The van der Waals surface area contributed by atoms with E-state index in [4.69, 9.17) is 16.3 Å². The monoisotopic (exact) mass is 392 g/mol. The van der Waals surface area contributed by atoms with Gasteiger partial charge in [-0.2, -0.15) is 0 Å². The average molecular weight is 393 g/mol. The van der Waals surface area contributed by atoms with Gasteiger partial charge in [-0.3, -0.25) is 9.36 Å². The summed E-state index contributed by atoms with van der Waals surface area (Å²) < 4.78 is 7.27. The standard InChI is InChI=1S/C18H21ClN4O2S/c1-3-8-23-16(14-4-6-15(19)7-5-14)20-21-18(23)26-13(2)17(24)22-9-11-25-12-10-22/h3-7,13H,1,8-12H2,2H3/t13-/m1/s1. The van der Waals surface area contributed by atoms with Crippen molar-refractivity contribution < 1.29 is 9.53 Å². The molecule has 2 aromatic rings. The molecule has 0 bridgehead atoms. The first-order valence-corrected chi connectivity index (χ1v) is 9.69. The first kappa shape index (κ1) is 18.9. The molecule has 1 aromatic carbocycles. The smallest absolute Gasteiger partial charge is 0.236 e. The summed E-state index contributed by atoms with van der Waals surface area (Å²) in [5.74, 6) is 0.828. The Morgan fingerprint density at radius 1 is 1.35 bits per heavy atom. The fraction of sp³-hybridized carbons (Fsp3) is 0.389. The summed E-state index contributed by atoms with van der Waals surface area (Å²) >= 11 is 7.38. The number of rotatable bonds is 6. The Labute approximate surface area is 162 Å². The fourth-order valence-corrected chi connectivity index (χ4v) is 3.80. The van der Waals surface area contributed by atoms with Crippen molar-refractivity contribution in [3.8, 4) is 11.4 Å². The molecule has 1 atom stereocenters. The van der Waals surface area contributed by atoms with E-state index < -0.39 is 0 Å². The van der Waals surface area contributed by atoms with Crippen molar-refractivity contribution in [1.29, 1.82) is 0 Å². The number of nitrogens with zero attached hydrogens (tertiary/aromatic N) is 4. The molecule has 0 radical (unpaired) electrons. The van der Waals surface area contributed by atoms with Crippen molar-refractivity contribution in [3.63, 3.8) is 0 Å². The quantitative estimate of drug-likeness (QED) is 0.558. The first-order valence-electron chi connectivity index (χ1n) is 8.43. The molecule has 1 aliphatic heterocycles. The number of carbonyl (C=O) groups is 1. The third kappa shape index (κ3) is 4.28. The van der Waals surface area contributed by atoms with Crippen LogP contribution in [0.1, 0.15) is 6.92 Å². The summed E-state index contributed by atoms with van der Waals surface area (Å²) in [5, 5.41) is 9.73. The Morgan fingerprint density at radius 2 is 2.04 bits per heavy atom. The van der Waals surface area contributed by atoms with Gasteiger partial charge in [0.1, 0.15) is 0 Å². The van der Waals surface area contributed by atoms with Gasteiger partial charge in [-0.25, -0.2) is 0 Å². The lowest BCUT2D eigenvalue weighted by Crippen LogP contribution is -2.44. The molecule has 8 heteroatoms. The Balaban J connectivity index is 1.79. The van der Waals surface area contributed by atoms with Gasteiger partial charge in [0, 0.05) is 30.2 Å². The van der Waals surface area contributed by atoms with E-state index in [0.29, 0.717) is 43.0 Å². The largest absolute Gasteiger partial charge is 0.378 e. The second-order valence-corrected chi connectivity index (χ2v) is 7.65. The lowest BCUT2D eigenvalue weighted by Gasteiger charge is -2.28. The molecule has 1 fully saturated rings. The molecule has 3 rings (SSSR count). The molecule has 26 heavy (non-hydrogen) atoms.